The second-order valence-corrected chi connectivity index (χ2v) is 10.2. The first-order valence-electron chi connectivity index (χ1n) is 10.5. The number of rotatable bonds is 5. The topological polar surface area (TPSA) is 83.9 Å². The number of nitrogens with zero attached hydrogens (tertiary/aromatic N) is 3. The summed E-state index contributed by atoms with van der Waals surface area (Å²) < 4.78 is 34.4. The van der Waals surface area contributed by atoms with Gasteiger partial charge >= 0.3 is 0 Å². The van der Waals surface area contributed by atoms with Crippen LogP contribution in [0.3, 0.4) is 0 Å². The third-order valence-corrected chi connectivity index (χ3v) is 7.82. The molecule has 3 heterocycles. The maximum Gasteiger partial charge on any atom is 0.272 e. The van der Waals surface area contributed by atoms with Crippen molar-refractivity contribution in [2.24, 2.45) is 7.05 Å². The van der Waals surface area contributed by atoms with Crippen LogP contribution in [0.2, 0.25) is 5.02 Å². The summed E-state index contributed by atoms with van der Waals surface area (Å²) in [6.45, 7) is 3.70. The van der Waals surface area contributed by atoms with E-state index >= 15 is 0 Å². The van der Waals surface area contributed by atoms with Gasteiger partial charge in [0.1, 0.15) is 10.6 Å². The molecule has 1 amide bonds. The van der Waals surface area contributed by atoms with Crippen molar-refractivity contribution in [1.29, 1.82) is 0 Å². The summed E-state index contributed by atoms with van der Waals surface area (Å²) in [5, 5.41) is 3.42. The number of carbonyl (C=O) groups excluding carboxylic acids is 1. The first-order valence-corrected chi connectivity index (χ1v) is 12.3. The number of hydrogen-bond donors (Lipinski definition) is 1. The number of amides is 1. The van der Waals surface area contributed by atoms with Crippen molar-refractivity contribution in [2.75, 3.05) is 49.6 Å². The number of aromatic nitrogens is 1. The molecular weight excluding hydrogens is 440 g/mol. The van der Waals surface area contributed by atoms with Gasteiger partial charge in [-0.3, -0.25) is 4.79 Å². The molecule has 1 aromatic heterocycles. The normalized spacial score (nSPS) is 18.2. The minimum atomic E-state index is -3.61. The van der Waals surface area contributed by atoms with Crippen LogP contribution in [0, 0.1) is 0 Å². The Morgan fingerprint density at radius 3 is 2.48 bits per heavy atom. The van der Waals surface area contributed by atoms with Crippen LogP contribution in [0.25, 0.3) is 0 Å². The molecule has 0 unspecified atom stereocenters. The average Bonchev–Trinajstić information content (AvgIpc) is 3.18. The molecule has 4 rings (SSSR count). The fourth-order valence-electron chi connectivity index (χ4n) is 4.03. The number of carbonyl (C=O) groups is 1. The van der Waals surface area contributed by atoms with E-state index < -0.39 is 10.0 Å². The lowest BCUT2D eigenvalue weighted by Crippen LogP contribution is -2.36. The maximum absolute atomic E-state index is 13.1. The van der Waals surface area contributed by atoms with Crippen molar-refractivity contribution < 1.29 is 17.9 Å². The standard InChI is InChI=1S/C21H27ClN4O4S/c1-24-15-17(31(28,29)26-7-3-2-4-8-26)14-20(24)21(27)23-18-13-16(22)5-6-19(18)25-9-11-30-12-10-25/h5-6,13-15H,2-4,7-12H2,1H3,(H,23,27). The van der Waals surface area contributed by atoms with E-state index in [0.29, 0.717) is 50.1 Å². The highest BCUT2D eigenvalue weighted by Gasteiger charge is 2.28. The molecule has 2 aliphatic heterocycles. The molecule has 2 fully saturated rings. The zero-order valence-corrected chi connectivity index (χ0v) is 19.1. The highest BCUT2D eigenvalue weighted by Crippen LogP contribution is 2.31. The zero-order valence-electron chi connectivity index (χ0n) is 17.5. The number of anilines is 2. The number of nitrogens with one attached hydrogen (secondary N) is 1. The second-order valence-electron chi connectivity index (χ2n) is 7.85. The van der Waals surface area contributed by atoms with Crippen molar-refractivity contribution in [1.82, 2.24) is 8.87 Å². The van der Waals surface area contributed by atoms with Crippen molar-refractivity contribution in [3.63, 3.8) is 0 Å². The summed E-state index contributed by atoms with van der Waals surface area (Å²) in [7, 11) is -1.94. The van der Waals surface area contributed by atoms with Crippen LogP contribution in [0.15, 0.2) is 35.4 Å². The van der Waals surface area contributed by atoms with E-state index in [9.17, 15) is 13.2 Å². The monoisotopic (exact) mass is 466 g/mol. The van der Waals surface area contributed by atoms with Crippen LogP contribution >= 0.6 is 11.6 Å². The Hall–Kier alpha value is -2.07. The summed E-state index contributed by atoms with van der Waals surface area (Å²) in [5.41, 5.74) is 1.71. The van der Waals surface area contributed by atoms with E-state index in [1.807, 2.05) is 6.07 Å². The molecule has 0 atom stereocenters. The summed E-state index contributed by atoms with van der Waals surface area (Å²) in [5.74, 6) is -0.389. The van der Waals surface area contributed by atoms with Crippen molar-refractivity contribution in [3.05, 3.63) is 41.2 Å². The van der Waals surface area contributed by atoms with Gasteiger partial charge in [-0.2, -0.15) is 4.31 Å². The fraction of sp³-hybridized carbons (Fsp3) is 0.476. The summed E-state index contributed by atoms with van der Waals surface area (Å²) >= 11 is 6.18. The van der Waals surface area contributed by atoms with Crippen LogP contribution in [0.4, 0.5) is 11.4 Å². The molecule has 1 aromatic carbocycles. The number of halogens is 1. The van der Waals surface area contributed by atoms with Crippen LogP contribution in [-0.4, -0.2) is 62.6 Å². The van der Waals surface area contributed by atoms with Gasteiger partial charge in [0.2, 0.25) is 10.0 Å². The van der Waals surface area contributed by atoms with Crippen LogP contribution < -0.4 is 10.2 Å². The van der Waals surface area contributed by atoms with Crippen molar-refractivity contribution in [3.8, 4) is 0 Å². The van der Waals surface area contributed by atoms with Gasteiger partial charge in [0.15, 0.2) is 0 Å². The van der Waals surface area contributed by atoms with Gasteiger partial charge in [-0.05, 0) is 37.1 Å². The Kier molecular flexibility index (Phi) is 6.57. The Morgan fingerprint density at radius 2 is 1.77 bits per heavy atom. The predicted molar refractivity (Wildman–Crippen MR) is 120 cm³/mol. The Labute approximate surface area is 187 Å². The van der Waals surface area contributed by atoms with Crippen LogP contribution in [0.1, 0.15) is 29.8 Å². The highest BCUT2D eigenvalue weighted by molar-refractivity contribution is 7.89. The second kappa shape index (κ2) is 9.20. The van der Waals surface area contributed by atoms with Crippen molar-refractivity contribution >= 4 is 38.9 Å². The van der Waals surface area contributed by atoms with Crippen LogP contribution in [-0.2, 0) is 21.8 Å². The van der Waals surface area contributed by atoms with Crippen molar-refractivity contribution in [2.45, 2.75) is 24.2 Å². The van der Waals surface area contributed by atoms with Gasteiger partial charge in [-0.25, -0.2) is 8.42 Å². The lowest BCUT2D eigenvalue weighted by Gasteiger charge is -2.30. The molecule has 2 saturated heterocycles. The lowest BCUT2D eigenvalue weighted by molar-refractivity contribution is 0.101. The SMILES string of the molecule is Cn1cc(S(=O)(=O)N2CCCCC2)cc1C(=O)Nc1cc(Cl)ccc1N1CCOCC1. The third-order valence-electron chi connectivity index (χ3n) is 5.72. The van der Waals surface area contributed by atoms with Gasteiger partial charge in [0.05, 0.1) is 24.6 Å². The van der Waals surface area contributed by atoms with E-state index in [2.05, 4.69) is 10.2 Å². The molecule has 10 heteroatoms. The summed E-state index contributed by atoms with van der Waals surface area (Å²) in [4.78, 5) is 15.3. The van der Waals surface area contributed by atoms with E-state index in [4.69, 9.17) is 16.3 Å². The molecule has 1 N–H and O–H groups in total. The molecule has 0 saturated carbocycles. The Morgan fingerprint density at radius 1 is 1.06 bits per heavy atom. The largest absolute Gasteiger partial charge is 0.378 e. The summed E-state index contributed by atoms with van der Waals surface area (Å²) in [6, 6.07) is 6.81. The van der Waals surface area contributed by atoms with E-state index in [-0.39, 0.29) is 16.5 Å². The summed E-state index contributed by atoms with van der Waals surface area (Å²) in [6.07, 6.45) is 4.26. The third kappa shape index (κ3) is 4.74. The first-order chi connectivity index (χ1) is 14.9. The number of sulfonamides is 1. The fourth-order valence-corrected chi connectivity index (χ4v) is 5.79. The molecular formula is C21H27ClN4O4S. The molecule has 31 heavy (non-hydrogen) atoms. The number of ether oxygens (including phenoxy) is 1. The molecule has 0 radical (unpaired) electrons. The van der Waals surface area contributed by atoms with Gasteiger partial charge in [-0.1, -0.05) is 18.0 Å². The molecule has 168 valence electrons. The highest BCUT2D eigenvalue weighted by atomic mass is 35.5. The zero-order chi connectivity index (χ0) is 22.0. The van der Waals surface area contributed by atoms with Gasteiger partial charge < -0.3 is 19.5 Å². The van der Waals surface area contributed by atoms with E-state index in [1.54, 1.807) is 23.7 Å². The Bertz CT molecular complexity index is 1060. The minimum absolute atomic E-state index is 0.140. The minimum Gasteiger partial charge on any atom is -0.378 e. The number of aryl methyl sites for hydroxylation is 1. The molecule has 2 aromatic rings. The Balaban J connectivity index is 1.58. The number of hydrogen-bond acceptors (Lipinski definition) is 5. The van der Waals surface area contributed by atoms with Gasteiger partial charge in [0.25, 0.3) is 5.91 Å². The van der Waals surface area contributed by atoms with Crippen LogP contribution in [0.5, 0.6) is 0 Å². The molecule has 0 aliphatic carbocycles. The molecule has 0 bridgehead atoms. The molecule has 2 aliphatic rings. The van der Waals surface area contributed by atoms with E-state index in [1.165, 1.54) is 16.6 Å². The van der Waals surface area contributed by atoms with E-state index in [0.717, 1.165) is 24.9 Å². The molecule has 8 nitrogen and oxygen atoms in total. The van der Waals surface area contributed by atoms with Gasteiger partial charge in [0, 0.05) is 44.4 Å². The number of piperidine rings is 1. The number of morpholine rings is 1. The number of benzene rings is 1. The quantitative estimate of drug-likeness (QED) is 0.732. The lowest BCUT2D eigenvalue weighted by atomic mass is 10.2. The first kappa shape index (κ1) is 22.1. The molecule has 0 spiro atoms. The van der Waals surface area contributed by atoms with Gasteiger partial charge in [-0.15, -0.1) is 0 Å². The maximum atomic E-state index is 13.1. The predicted octanol–water partition coefficient (Wildman–Crippen LogP) is 2.94. The smallest absolute Gasteiger partial charge is 0.272 e. The average molecular weight is 467 g/mol.